The maximum Gasteiger partial charge on any atom is 0.253 e. The molecule has 1 saturated heterocycles. The Morgan fingerprint density at radius 3 is 1.94 bits per heavy atom. The van der Waals surface area contributed by atoms with Crippen LogP contribution in [0.1, 0.15) is 32.7 Å². The number of benzene rings is 3. The van der Waals surface area contributed by atoms with Gasteiger partial charge in [-0.25, -0.2) is 0 Å². The molecule has 0 saturated carbocycles. The van der Waals surface area contributed by atoms with E-state index in [-0.39, 0.29) is 23.8 Å². The molecule has 0 unspecified atom stereocenters. The molecule has 1 amide bonds. The fourth-order valence-corrected chi connectivity index (χ4v) is 4.89. The van der Waals surface area contributed by atoms with E-state index in [9.17, 15) is 4.79 Å². The Kier molecular flexibility index (Phi) is 8.73. The SMILES string of the molecule is Cc1c(C)n(Cc2ccccc2)c2ccc(C(=O)N3CCN(Cc4ccccc4)CC3)cc12.Cl.O. The smallest absolute Gasteiger partial charge is 0.253 e. The zero-order valence-electron chi connectivity index (χ0n) is 20.4. The molecule has 0 bridgehead atoms. The molecule has 0 spiro atoms. The number of fused-ring (bicyclic) bond motifs is 1. The van der Waals surface area contributed by atoms with Gasteiger partial charge in [0.25, 0.3) is 5.91 Å². The Morgan fingerprint density at radius 2 is 1.34 bits per heavy atom. The Bertz CT molecular complexity index is 1260. The summed E-state index contributed by atoms with van der Waals surface area (Å²) in [6, 6.07) is 27.3. The first kappa shape index (κ1) is 26.5. The number of aromatic nitrogens is 1. The molecule has 1 aliphatic rings. The molecule has 0 aliphatic carbocycles. The minimum atomic E-state index is 0. The van der Waals surface area contributed by atoms with Crippen LogP contribution in [0.15, 0.2) is 78.9 Å². The number of hydrogen-bond acceptors (Lipinski definition) is 2. The van der Waals surface area contributed by atoms with Crippen molar-refractivity contribution in [1.82, 2.24) is 14.4 Å². The fourth-order valence-electron chi connectivity index (χ4n) is 4.89. The average molecular weight is 492 g/mol. The highest BCUT2D eigenvalue weighted by molar-refractivity contribution is 5.99. The molecule has 6 heteroatoms. The van der Waals surface area contributed by atoms with Crippen LogP contribution in [-0.4, -0.2) is 51.9 Å². The average Bonchev–Trinajstić information content (AvgIpc) is 3.09. The fraction of sp³-hybridized carbons (Fsp3) is 0.276. The summed E-state index contributed by atoms with van der Waals surface area (Å²) >= 11 is 0. The lowest BCUT2D eigenvalue weighted by Crippen LogP contribution is -2.48. The summed E-state index contributed by atoms with van der Waals surface area (Å²) in [5.41, 5.74) is 7.10. The van der Waals surface area contributed by atoms with Gasteiger partial charge < -0.3 is 14.9 Å². The molecule has 184 valence electrons. The highest BCUT2D eigenvalue weighted by Gasteiger charge is 2.23. The normalized spacial score (nSPS) is 13.8. The first-order valence-electron chi connectivity index (χ1n) is 11.8. The number of rotatable bonds is 5. The molecule has 4 aromatic rings. The summed E-state index contributed by atoms with van der Waals surface area (Å²) in [4.78, 5) is 17.7. The zero-order chi connectivity index (χ0) is 22.8. The second-order valence-electron chi connectivity index (χ2n) is 9.07. The van der Waals surface area contributed by atoms with E-state index in [1.165, 1.54) is 33.3 Å². The first-order chi connectivity index (χ1) is 16.1. The van der Waals surface area contributed by atoms with Gasteiger partial charge in [-0.15, -0.1) is 12.4 Å². The number of nitrogens with zero attached hydrogens (tertiary/aromatic N) is 3. The Labute approximate surface area is 213 Å². The van der Waals surface area contributed by atoms with E-state index in [2.05, 4.69) is 96.1 Å². The van der Waals surface area contributed by atoms with Gasteiger partial charge in [-0.2, -0.15) is 0 Å². The van der Waals surface area contributed by atoms with E-state index in [0.29, 0.717) is 0 Å². The van der Waals surface area contributed by atoms with Crippen LogP contribution in [-0.2, 0) is 13.1 Å². The molecule has 2 heterocycles. The van der Waals surface area contributed by atoms with Gasteiger partial charge in [0.15, 0.2) is 0 Å². The topological polar surface area (TPSA) is 60.0 Å². The Hall–Kier alpha value is -3.12. The molecule has 1 aromatic heterocycles. The van der Waals surface area contributed by atoms with E-state index in [0.717, 1.165) is 44.8 Å². The summed E-state index contributed by atoms with van der Waals surface area (Å²) in [6.45, 7) is 9.49. The van der Waals surface area contributed by atoms with E-state index in [4.69, 9.17) is 0 Å². The third-order valence-electron chi connectivity index (χ3n) is 6.98. The third-order valence-corrected chi connectivity index (χ3v) is 6.98. The molecular weight excluding hydrogens is 458 g/mol. The van der Waals surface area contributed by atoms with E-state index < -0.39 is 0 Å². The Morgan fingerprint density at radius 1 is 0.771 bits per heavy atom. The van der Waals surface area contributed by atoms with Crippen molar-refractivity contribution < 1.29 is 10.3 Å². The number of hydrogen-bond donors (Lipinski definition) is 0. The van der Waals surface area contributed by atoms with Gasteiger partial charge in [0.1, 0.15) is 0 Å². The Balaban J connectivity index is 0.00000171. The number of piperazine rings is 1. The van der Waals surface area contributed by atoms with Crippen LogP contribution in [0.2, 0.25) is 0 Å². The lowest BCUT2D eigenvalue weighted by molar-refractivity contribution is 0.0628. The van der Waals surface area contributed by atoms with Gasteiger partial charge in [-0.1, -0.05) is 60.7 Å². The van der Waals surface area contributed by atoms with E-state index in [1.54, 1.807) is 0 Å². The highest BCUT2D eigenvalue weighted by atomic mass is 35.5. The summed E-state index contributed by atoms with van der Waals surface area (Å²) in [5.74, 6) is 0.143. The van der Waals surface area contributed by atoms with Crippen molar-refractivity contribution in [3.63, 3.8) is 0 Å². The zero-order valence-corrected chi connectivity index (χ0v) is 21.2. The molecule has 3 aromatic carbocycles. The predicted molar refractivity (Wildman–Crippen MR) is 145 cm³/mol. The van der Waals surface area contributed by atoms with Crippen molar-refractivity contribution in [3.8, 4) is 0 Å². The van der Waals surface area contributed by atoms with Crippen LogP contribution >= 0.6 is 12.4 Å². The highest BCUT2D eigenvalue weighted by Crippen LogP contribution is 2.28. The molecule has 35 heavy (non-hydrogen) atoms. The van der Waals surface area contributed by atoms with Gasteiger partial charge in [0.05, 0.1) is 0 Å². The largest absolute Gasteiger partial charge is 0.412 e. The molecule has 5 nitrogen and oxygen atoms in total. The molecule has 1 fully saturated rings. The van der Waals surface area contributed by atoms with Crippen molar-refractivity contribution in [2.45, 2.75) is 26.9 Å². The van der Waals surface area contributed by atoms with Crippen molar-refractivity contribution in [1.29, 1.82) is 0 Å². The minimum absolute atomic E-state index is 0. The predicted octanol–water partition coefficient (Wildman–Crippen LogP) is 4.86. The third kappa shape index (κ3) is 5.59. The van der Waals surface area contributed by atoms with Crippen LogP contribution in [0, 0.1) is 13.8 Å². The molecule has 1 aliphatic heterocycles. The number of carbonyl (C=O) groups excluding carboxylic acids is 1. The number of aryl methyl sites for hydroxylation is 1. The standard InChI is InChI=1S/C29H31N3O.ClH.H2O/c1-22-23(2)32(21-25-11-7-4-8-12-25)28-14-13-26(19-27(22)28)29(33)31-17-15-30(16-18-31)20-24-9-5-3-6-10-24;;/h3-14,19H,15-18,20-21H2,1-2H3;1H;1H2. The quantitative estimate of drug-likeness (QED) is 0.400. The lowest BCUT2D eigenvalue weighted by Gasteiger charge is -2.34. The van der Waals surface area contributed by atoms with Crippen LogP contribution in [0.4, 0.5) is 0 Å². The first-order valence-corrected chi connectivity index (χ1v) is 11.8. The van der Waals surface area contributed by atoms with Crippen LogP contribution in [0.25, 0.3) is 10.9 Å². The maximum atomic E-state index is 13.3. The summed E-state index contributed by atoms with van der Waals surface area (Å²) < 4.78 is 2.36. The van der Waals surface area contributed by atoms with Crippen molar-refractivity contribution in [2.24, 2.45) is 0 Å². The monoisotopic (exact) mass is 491 g/mol. The molecular formula is C29H34ClN3O2. The minimum Gasteiger partial charge on any atom is -0.412 e. The van der Waals surface area contributed by atoms with Crippen molar-refractivity contribution in [3.05, 3.63) is 107 Å². The number of halogens is 1. The van der Waals surface area contributed by atoms with Gasteiger partial charge in [-0.05, 0) is 48.7 Å². The lowest BCUT2D eigenvalue weighted by atomic mass is 10.1. The van der Waals surface area contributed by atoms with Gasteiger partial charge in [-0.3, -0.25) is 9.69 Å². The van der Waals surface area contributed by atoms with Gasteiger partial charge in [0.2, 0.25) is 0 Å². The number of carbonyl (C=O) groups is 1. The molecule has 5 rings (SSSR count). The van der Waals surface area contributed by atoms with Gasteiger partial charge >= 0.3 is 0 Å². The molecule has 0 radical (unpaired) electrons. The van der Waals surface area contributed by atoms with Gasteiger partial charge in [0, 0.05) is 61.4 Å². The van der Waals surface area contributed by atoms with Crippen LogP contribution in [0.3, 0.4) is 0 Å². The van der Waals surface area contributed by atoms with E-state index in [1.807, 2.05) is 11.0 Å². The molecule has 0 atom stereocenters. The van der Waals surface area contributed by atoms with Crippen LogP contribution in [0.5, 0.6) is 0 Å². The second kappa shape index (κ2) is 11.5. The summed E-state index contributed by atoms with van der Waals surface area (Å²) in [7, 11) is 0. The number of amides is 1. The molecule has 2 N–H and O–H groups in total. The van der Waals surface area contributed by atoms with Crippen molar-refractivity contribution in [2.75, 3.05) is 26.2 Å². The second-order valence-corrected chi connectivity index (χ2v) is 9.07. The van der Waals surface area contributed by atoms with E-state index >= 15 is 0 Å². The summed E-state index contributed by atoms with van der Waals surface area (Å²) in [6.07, 6.45) is 0. The maximum absolute atomic E-state index is 13.3. The van der Waals surface area contributed by atoms with Crippen LogP contribution < -0.4 is 0 Å². The summed E-state index contributed by atoms with van der Waals surface area (Å²) in [5, 5.41) is 1.18. The van der Waals surface area contributed by atoms with Crippen molar-refractivity contribution >= 4 is 29.2 Å².